The number of carbonyl (C=O) groups excluding carboxylic acids is 1. The second-order valence-corrected chi connectivity index (χ2v) is 5.49. The third-order valence-electron chi connectivity index (χ3n) is 2.14. The normalized spacial score (nSPS) is 11.3. The van der Waals surface area contributed by atoms with E-state index in [2.05, 4.69) is 21.2 Å². The second-order valence-electron chi connectivity index (χ2n) is 4.17. The van der Waals surface area contributed by atoms with Gasteiger partial charge in [0, 0.05) is 16.6 Å². The highest BCUT2D eigenvalue weighted by Crippen LogP contribution is 2.21. The van der Waals surface area contributed by atoms with Crippen LogP contribution < -0.4 is 11.1 Å². The van der Waals surface area contributed by atoms with E-state index in [0.717, 1.165) is 4.47 Å². The Bertz CT molecular complexity index is 407. The summed E-state index contributed by atoms with van der Waals surface area (Å²) >= 11 is 9.25. The molecule has 0 unspecified atom stereocenters. The first kappa shape index (κ1) is 13.5. The lowest BCUT2D eigenvalue weighted by molar-refractivity contribution is 0.0916. The van der Waals surface area contributed by atoms with E-state index in [1.54, 1.807) is 18.2 Å². The molecule has 0 aliphatic heterocycles. The van der Waals surface area contributed by atoms with Crippen molar-refractivity contribution in [2.45, 2.75) is 19.4 Å². The molecule has 0 aliphatic carbocycles. The van der Waals surface area contributed by atoms with Gasteiger partial charge in [-0.3, -0.25) is 4.79 Å². The van der Waals surface area contributed by atoms with Gasteiger partial charge in [0.15, 0.2) is 0 Å². The monoisotopic (exact) mass is 304 g/mol. The van der Waals surface area contributed by atoms with Crippen LogP contribution >= 0.6 is 27.5 Å². The number of amides is 1. The Kier molecular flexibility index (Phi) is 4.35. The smallest absolute Gasteiger partial charge is 0.253 e. The molecule has 0 atom stereocenters. The Morgan fingerprint density at radius 3 is 2.75 bits per heavy atom. The van der Waals surface area contributed by atoms with Crippen molar-refractivity contribution in [2.75, 3.05) is 6.54 Å². The predicted octanol–water partition coefficient (Wildman–Crippen LogP) is 2.57. The standard InChI is InChI=1S/C11H14BrClN2O/c1-11(2,6-14)15-10(16)8-5-7(12)3-4-9(8)13/h3-5H,6,14H2,1-2H3,(H,15,16). The van der Waals surface area contributed by atoms with Crippen LogP contribution in [-0.2, 0) is 0 Å². The number of halogens is 2. The van der Waals surface area contributed by atoms with E-state index in [-0.39, 0.29) is 5.91 Å². The predicted molar refractivity (Wildman–Crippen MR) is 69.8 cm³/mol. The van der Waals surface area contributed by atoms with Gasteiger partial charge in [-0.1, -0.05) is 27.5 Å². The first-order valence-electron chi connectivity index (χ1n) is 4.83. The van der Waals surface area contributed by atoms with Crippen LogP contribution in [0.3, 0.4) is 0 Å². The largest absolute Gasteiger partial charge is 0.346 e. The van der Waals surface area contributed by atoms with Crippen LogP contribution in [0.2, 0.25) is 5.02 Å². The van der Waals surface area contributed by atoms with E-state index in [4.69, 9.17) is 17.3 Å². The van der Waals surface area contributed by atoms with Crippen LogP contribution in [0.5, 0.6) is 0 Å². The zero-order chi connectivity index (χ0) is 12.3. The van der Waals surface area contributed by atoms with E-state index in [1.165, 1.54) is 0 Å². The van der Waals surface area contributed by atoms with Gasteiger partial charge in [0.2, 0.25) is 0 Å². The maximum Gasteiger partial charge on any atom is 0.253 e. The molecule has 1 aromatic carbocycles. The summed E-state index contributed by atoms with van der Waals surface area (Å²) in [7, 11) is 0. The minimum Gasteiger partial charge on any atom is -0.346 e. The first-order chi connectivity index (χ1) is 7.35. The van der Waals surface area contributed by atoms with E-state index < -0.39 is 5.54 Å². The Hall–Kier alpha value is -0.580. The lowest BCUT2D eigenvalue weighted by Gasteiger charge is -2.24. The fourth-order valence-electron chi connectivity index (χ4n) is 1.10. The number of hydrogen-bond acceptors (Lipinski definition) is 2. The third-order valence-corrected chi connectivity index (χ3v) is 2.96. The average molecular weight is 306 g/mol. The topological polar surface area (TPSA) is 55.1 Å². The van der Waals surface area contributed by atoms with Gasteiger partial charge in [0.1, 0.15) is 0 Å². The van der Waals surface area contributed by atoms with Crippen molar-refractivity contribution in [3.05, 3.63) is 33.3 Å². The summed E-state index contributed by atoms with van der Waals surface area (Å²) in [4.78, 5) is 11.9. The van der Waals surface area contributed by atoms with Gasteiger partial charge in [0.25, 0.3) is 5.91 Å². The number of hydrogen-bond donors (Lipinski definition) is 2. The number of rotatable bonds is 3. The molecule has 88 valence electrons. The van der Waals surface area contributed by atoms with E-state index in [9.17, 15) is 4.79 Å². The van der Waals surface area contributed by atoms with E-state index in [0.29, 0.717) is 17.1 Å². The molecule has 0 aromatic heterocycles. The third kappa shape index (κ3) is 3.47. The van der Waals surface area contributed by atoms with Crippen molar-refractivity contribution in [1.29, 1.82) is 0 Å². The summed E-state index contributed by atoms with van der Waals surface area (Å²) in [5, 5.41) is 3.25. The molecule has 1 rings (SSSR count). The molecule has 0 radical (unpaired) electrons. The van der Waals surface area contributed by atoms with Crippen molar-refractivity contribution < 1.29 is 4.79 Å². The van der Waals surface area contributed by atoms with Crippen molar-refractivity contribution in [3.8, 4) is 0 Å². The summed E-state index contributed by atoms with van der Waals surface area (Å²) in [5.74, 6) is -0.221. The second kappa shape index (κ2) is 5.17. The molecule has 3 N–H and O–H groups in total. The molecule has 0 saturated carbocycles. The molecule has 0 bridgehead atoms. The van der Waals surface area contributed by atoms with Crippen LogP contribution in [0.4, 0.5) is 0 Å². The Labute approximate surface area is 108 Å². The molecule has 0 heterocycles. The number of benzene rings is 1. The molecule has 0 fully saturated rings. The Morgan fingerprint density at radius 2 is 2.19 bits per heavy atom. The van der Waals surface area contributed by atoms with Crippen molar-refractivity contribution in [2.24, 2.45) is 5.73 Å². The molecule has 3 nitrogen and oxygen atoms in total. The minimum atomic E-state index is -0.442. The quantitative estimate of drug-likeness (QED) is 0.902. The fourth-order valence-corrected chi connectivity index (χ4v) is 1.66. The first-order valence-corrected chi connectivity index (χ1v) is 6.00. The average Bonchev–Trinajstić information content (AvgIpc) is 2.21. The molecule has 0 saturated heterocycles. The molecule has 1 amide bonds. The molecule has 16 heavy (non-hydrogen) atoms. The van der Waals surface area contributed by atoms with Crippen LogP contribution in [0.1, 0.15) is 24.2 Å². The van der Waals surface area contributed by atoms with Gasteiger partial charge in [0.05, 0.1) is 10.6 Å². The number of carbonyl (C=O) groups is 1. The van der Waals surface area contributed by atoms with Crippen molar-refractivity contribution in [1.82, 2.24) is 5.32 Å². The molecule has 0 spiro atoms. The summed E-state index contributed by atoms with van der Waals surface area (Å²) in [6.45, 7) is 4.08. The lowest BCUT2D eigenvalue weighted by Crippen LogP contribution is -2.48. The van der Waals surface area contributed by atoms with Crippen LogP contribution in [0.25, 0.3) is 0 Å². The molecule has 0 aliphatic rings. The SMILES string of the molecule is CC(C)(CN)NC(=O)c1cc(Br)ccc1Cl. The number of nitrogens with one attached hydrogen (secondary N) is 1. The van der Waals surface area contributed by atoms with Gasteiger partial charge < -0.3 is 11.1 Å². The zero-order valence-corrected chi connectivity index (χ0v) is 11.5. The van der Waals surface area contributed by atoms with Gasteiger partial charge >= 0.3 is 0 Å². The lowest BCUT2D eigenvalue weighted by atomic mass is 10.1. The van der Waals surface area contributed by atoms with Gasteiger partial charge in [-0.15, -0.1) is 0 Å². The Balaban J connectivity index is 2.93. The van der Waals surface area contributed by atoms with Gasteiger partial charge in [-0.2, -0.15) is 0 Å². The van der Waals surface area contributed by atoms with Crippen molar-refractivity contribution >= 4 is 33.4 Å². The zero-order valence-electron chi connectivity index (χ0n) is 9.18. The van der Waals surface area contributed by atoms with E-state index >= 15 is 0 Å². The summed E-state index contributed by atoms with van der Waals surface area (Å²) in [6.07, 6.45) is 0. The summed E-state index contributed by atoms with van der Waals surface area (Å²) in [6, 6.07) is 5.15. The number of nitrogens with two attached hydrogens (primary N) is 1. The maximum absolute atomic E-state index is 11.9. The van der Waals surface area contributed by atoms with Gasteiger partial charge in [-0.05, 0) is 32.0 Å². The highest BCUT2D eigenvalue weighted by atomic mass is 79.9. The highest BCUT2D eigenvalue weighted by Gasteiger charge is 2.20. The molecule has 1 aromatic rings. The van der Waals surface area contributed by atoms with Gasteiger partial charge in [-0.25, -0.2) is 0 Å². The van der Waals surface area contributed by atoms with Crippen LogP contribution in [-0.4, -0.2) is 18.0 Å². The van der Waals surface area contributed by atoms with Crippen LogP contribution in [0, 0.1) is 0 Å². The van der Waals surface area contributed by atoms with Crippen LogP contribution in [0.15, 0.2) is 22.7 Å². The highest BCUT2D eigenvalue weighted by molar-refractivity contribution is 9.10. The Morgan fingerprint density at radius 1 is 1.56 bits per heavy atom. The summed E-state index contributed by atoms with van der Waals surface area (Å²) in [5.41, 5.74) is 5.54. The maximum atomic E-state index is 11.9. The molecular weight excluding hydrogens is 291 g/mol. The van der Waals surface area contributed by atoms with E-state index in [1.807, 2.05) is 13.8 Å². The molecular formula is C11H14BrClN2O. The minimum absolute atomic E-state index is 0.221. The van der Waals surface area contributed by atoms with Crippen molar-refractivity contribution in [3.63, 3.8) is 0 Å². The molecule has 5 heteroatoms. The fraction of sp³-hybridized carbons (Fsp3) is 0.364. The summed E-state index contributed by atoms with van der Waals surface area (Å²) < 4.78 is 0.813.